The molecular formula is C18H18ClN3S2. The van der Waals surface area contributed by atoms with Gasteiger partial charge in [0.25, 0.3) is 0 Å². The highest BCUT2D eigenvalue weighted by Crippen LogP contribution is 2.42. The highest BCUT2D eigenvalue weighted by Gasteiger charge is 2.22. The maximum Gasteiger partial charge on any atom is 0.224 e. The van der Waals surface area contributed by atoms with E-state index in [1.54, 1.807) is 11.3 Å². The number of hydrogen-bond donors (Lipinski definition) is 1. The van der Waals surface area contributed by atoms with E-state index >= 15 is 0 Å². The van der Waals surface area contributed by atoms with Gasteiger partial charge in [0.05, 0.1) is 16.8 Å². The van der Waals surface area contributed by atoms with Crippen LogP contribution >= 0.6 is 34.3 Å². The van der Waals surface area contributed by atoms with E-state index in [1.807, 2.05) is 11.3 Å². The quantitative estimate of drug-likeness (QED) is 0.439. The lowest BCUT2D eigenvalue weighted by Gasteiger charge is -2.16. The molecule has 0 saturated heterocycles. The van der Waals surface area contributed by atoms with Crippen molar-refractivity contribution in [2.75, 3.05) is 5.32 Å². The smallest absolute Gasteiger partial charge is 0.224 e. The summed E-state index contributed by atoms with van der Waals surface area (Å²) in [6, 6.07) is 4.19. The first kappa shape index (κ1) is 16.1. The Morgan fingerprint density at radius 3 is 3.00 bits per heavy atom. The van der Waals surface area contributed by atoms with Crippen molar-refractivity contribution in [1.29, 1.82) is 0 Å². The molecule has 0 spiro atoms. The molecule has 1 aliphatic rings. The Hall–Kier alpha value is -1.43. The minimum Gasteiger partial charge on any atom is -0.364 e. The van der Waals surface area contributed by atoms with Crippen LogP contribution in [0.25, 0.3) is 10.2 Å². The lowest BCUT2D eigenvalue weighted by Crippen LogP contribution is -2.01. The first-order valence-corrected chi connectivity index (χ1v) is 10.2. The molecule has 1 unspecified atom stereocenters. The molecule has 1 atom stereocenters. The zero-order valence-corrected chi connectivity index (χ0v) is 15.8. The van der Waals surface area contributed by atoms with Crippen LogP contribution in [-0.2, 0) is 6.54 Å². The van der Waals surface area contributed by atoms with Gasteiger partial charge in [-0.25, -0.2) is 4.98 Å². The van der Waals surface area contributed by atoms with Gasteiger partial charge >= 0.3 is 0 Å². The van der Waals surface area contributed by atoms with Gasteiger partial charge in [-0.1, -0.05) is 18.2 Å². The van der Waals surface area contributed by atoms with Crippen LogP contribution in [0.15, 0.2) is 29.7 Å². The Kier molecular flexibility index (Phi) is 4.57. The number of nitrogens with one attached hydrogen (secondary N) is 1. The van der Waals surface area contributed by atoms with Gasteiger partial charge in [0.2, 0.25) is 5.28 Å². The standard InChI is InChI=1S/C18H18ClN3S2/c1-11-14-16(24-15(11)12-6-3-2-4-7-12)17(22-18(19)21-14)20-10-13-8-5-9-23-13/h2-3,5,8-9,12H,4,6-7,10H2,1H3,(H,20,21,22). The van der Waals surface area contributed by atoms with Crippen molar-refractivity contribution in [2.24, 2.45) is 0 Å². The average molecular weight is 376 g/mol. The molecule has 3 heterocycles. The number of thiophene rings is 2. The highest BCUT2D eigenvalue weighted by molar-refractivity contribution is 7.20. The van der Waals surface area contributed by atoms with Crippen LogP contribution in [0.4, 0.5) is 5.82 Å². The van der Waals surface area contributed by atoms with Gasteiger partial charge in [0, 0.05) is 9.75 Å². The molecule has 0 fully saturated rings. The summed E-state index contributed by atoms with van der Waals surface area (Å²) in [5.41, 5.74) is 2.26. The third-order valence-corrected chi connectivity index (χ3v) is 6.92. The zero-order valence-electron chi connectivity index (χ0n) is 13.4. The molecule has 1 aliphatic carbocycles. The largest absolute Gasteiger partial charge is 0.364 e. The molecule has 4 rings (SSSR count). The summed E-state index contributed by atoms with van der Waals surface area (Å²) >= 11 is 9.75. The van der Waals surface area contributed by atoms with Crippen LogP contribution in [0.5, 0.6) is 0 Å². The molecule has 6 heteroatoms. The molecule has 0 saturated carbocycles. The van der Waals surface area contributed by atoms with Crippen LogP contribution < -0.4 is 5.32 Å². The van der Waals surface area contributed by atoms with Crippen molar-refractivity contribution in [2.45, 2.75) is 38.6 Å². The Morgan fingerprint density at radius 1 is 1.33 bits per heavy atom. The topological polar surface area (TPSA) is 37.8 Å². The molecule has 0 radical (unpaired) electrons. The highest BCUT2D eigenvalue weighted by atomic mass is 35.5. The first-order chi connectivity index (χ1) is 11.7. The minimum atomic E-state index is 0.312. The van der Waals surface area contributed by atoms with E-state index in [0.29, 0.717) is 11.2 Å². The molecule has 3 aromatic heterocycles. The predicted octanol–water partition coefficient (Wildman–Crippen LogP) is 6.15. The van der Waals surface area contributed by atoms with Crippen LogP contribution in [0.1, 0.15) is 40.5 Å². The summed E-state index contributed by atoms with van der Waals surface area (Å²) in [4.78, 5) is 11.7. The molecule has 0 aliphatic heterocycles. The Morgan fingerprint density at radius 2 is 2.25 bits per heavy atom. The van der Waals surface area contributed by atoms with Gasteiger partial charge in [0.1, 0.15) is 5.82 Å². The maximum absolute atomic E-state index is 6.19. The second kappa shape index (κ2) is 6.82. The van der Waals surface area contributed by atoms with E-state index in [1.165, 1.54) is 21.7 Å². The van der Waals surface area contributed by atoms with Crippen molar-refractivity contribution in [1.82, 2.24) is 9.97 Å². The SMILES string of the molecule is Cc1c(C2CC=CCC2)sc2c(NCc3cccs3)nc(Cl)nc12. The first-order valence-electron chi connectivity index (χ1n) is 8.10. The Labute approximate surface area is 154 Å². The van der Waals surface area contributed by atoms with E-state index in [9.17, 15) is 0 Å². The normalized spacial score (nSPS) is 17.5. The molecule has 0 amide bonds. The molecule has 3 aromatic rings. The lowest BCUT2D eigenvalue weighted by atomic mass is 9.91. The van der Waals surface area contributed by atoms with Crippen molar-refractivity contribution >= 4 is 50.3 Å². The fourth-order valence-electron chi connectivity index (χ4n) is 3.20. The minimum absolute atomic E-state index is 0.312. The van der Waals surface area contributed by atoms with Crippen molar-refractivity contribution in [3.8, 4) is 0 Å². The molecule has 0 aromatic carbocycles. The van der Waals surface area contributed by atoms with E-state index in [0.717, 1.165) is 35.4 Å². The maximum atomic E-state index is 6.19. The number of aryl methyl sites for hydroxylation is 1. The van der Waals surface area contributed by atoms with Crippen LogP contribution in [0.3, 0.4) is 0 Å². The number of halogens is 1. The third-order valence-electron chi connectivity index (χ3n) is 4.43. The summed E-state index contributed by atoms with van der Waals surface area (Å²) in [6.45, 7) is 2.93. The zero-order chi connectivity index (χ0) is 16.5. The van der Waals surface area contributed by atoms with Gasteiger partial charge in [-0.05, 0) is 60.7 Å². The van der Waals surface area contributed by atoms with E-state index in [4.69, 9.17) is 11.6 Å². The monoisotopic (exact) mass is 375 g/mol. The molecule has 0 bridgehead atoms. The van der Waals surface area contributed by atoms with Gasteiger partial charge in [-0.15, -0.1) is 22.7 Å². The van der Waals surface area contributed by atoms with Crippen molar-refractivity contribution in [3.63, 3.8) is 0 Å². The number of nitrogens with zero attached hydrogens (tertiary/aromatic N) is 2. The van der Waals surface area contributed by atoms with E-state index in [2.05, 4.69) is 51.9 Å². The number of allylic oxidation sites excluding steroid dienone is 2. The second-order valence-corrected chi connectivity index (χ2v) is 8.45. The predicted molar refractivity (Wildman–Crippen MR) is 105 cm³/mol. The lowest BCUT2D eigenvalue weighted by molar-refractivity contribution is 0.624. The van der Waals surface area contributed by atoms with E-state index < -0.39 is 0 Å². The fraction of sp³-hybridized carbons (Fsp3) is 0.333. The van der Waals surface area contributed by atoms with Crippen LogP contribution in [0, 0.1) is 6.92 Å². The average Bonchev–Trinajstić information content (AvgIpc) is 3.22. The molecule has 124 valence electrons. The molecule has 24 heavy (non-hydrogen) atoms. The second-order valence-electron chi connectivity index (χ2n) is 6.02. The molecule has 3 nitrogen and oxygen atoms in total. The Balaban J connectivity index is 1.72. The van der Waals surface area contributed by atoms with E-state index in [-0.39, 0.29) is 0 Å². The van der Waals surface area contributed by atoms with Gasteiger partial charge in [-0.3, -0.25) is 0 Å². The summed E-state index contributed by atoms with van der Waals surface area (Å²) in [5.74, 6) is 1.45. The number of hydrogen-bond acceptors (Lipinski definition) is 5. The van der Waals surface area contributed by atoms with Crippen LogP contribution in [-0.4, -0.2) is 9.97 Å². The number of fused-ring (bicyclic) bond motifs is 1. The number of rotatable bonds is 4. The number of aromatic nitrogens is 2. The third kappa shape index (κ3) is 3.08. The van der Waals surface area contributed by atoms with Crippen LogP contribution in [0.2, 0.25) is 5.28 Å². The van der Waals surface area contributed by atoms with Gasteiger partial charge in [-0.2, -0.15) is 4.98 Å². The summed E-state index contributed by atoms with van der Waals surface area (Å²) in [6.07, 6.45) is 8.07. The molecular weight excluding hydrogens is 358 g/mol. The van der Waals surface area contributed by atoms with Gasteiger partial charge < -0.3 is 5.32 Å². The summed E-state index contributed by atoms with van der Waals surface area (Å²) in [7, 11) is 0. The number of anilines is 1. The summed E-state index contributed by atoms with van der Waals surface area (Å²) < 4.78 is 1.12. The summed E-state index contributed by atoms with van der Waals surface area (Å²) in [5, 5.41) is 5.84. The fourth-order valence-corrected chi connectivity index (χ4v) is 5.38. The Bertz CT molecular complexity index is 883. The van der Waals surface area contributed by atoms with Crippen molar-refractivity contribution in [3.05, 3.63) is 50.3 Å². The van der Waals surface area contributed by atoms with Gasteiger partial charge in [0.15, 0.2) is 0 Å². The van der Waals surface area contributed by atoms with Crippen molar-refractivity contribution < 1.29 is 0 Å². The molecule has 1 N–H and O–H groups in total.